The van der Waals surface area contributed by atoms with Crippen LogP contribution in [-0.4, -0.2) is 55.4 Å². The van der Waals surface area contributed by atoms with Gasteiger partial charge in [0, 0.05) is 26.2 Å². The van der Waals surface area contributed by atoms with Crippen molar-refractivity contribution >= 4 is 27.3 Å². The third-order valence-corrected chi connectivity index (χ3v) is 8.16. The summed E-state index contributed by atoms with van der Waals surface area (Å²) in [6.07, 6.45) is 0.555. The van der Waals surface area contributed by atoms with Crippen molar-refractivity contribution in [1.82, 2.24) is 9.21 Å². The lowest BCUT2D eigenvalue weighted by atomic mass is 10.0. The Bertz CT molecular complexity index is 976. The molecular formula is C20H24N2O4S2. The van der Waals surface area contributed by atoms with E-state index in [1.54, 1.807) is 16.3 Å². The molecule has 0 N–H and O–H groups in total. The Balaban J connectivity index is 1.60. The highest BCUT2D eigenvalue weighted by Crippen LogP contribution is 2.30. The fourth-order valence-electron chi connectivity index (χ4n) is 3.96. The standard InChI is InChI=1S/C20H24N2O4S2/c1-14-11-21(12-15(2)26-14)20(23)19-18(8-10-27-19)28(24,25)22-9-7-16-5-3-4-6-17(16)13-22/h3-6,8,10,14-15H,7,9,11-13H2,1-2H3. The number of carbonyl (C=O) groups is 1. The smallest absolute Gasteiger partial charge is 0.265 e. The summed E-state index contributed by atoms with van der Waals surface area (Å²) in [5.41, 5.74) is 2.21. The molecule has 2 aliphatic heterocycles. The second kappa shape index (κ2) is 7.59. The van der Waals surface area contributed by atoms with Crippen molar-refractivity contribution in [2.45, 2.75) is 43.9 Å². The van der Waals surface area contributed by atoms with Crippen molar-refractivity contribution in [1.29, 1.82) is 0 Å². The number of fused-ring (bicyclic) bond motifs is 1. The van der Waals surface area contributed by atoms with Crippen LogP contribution < -0.4 is 0 Å². The number of hydrogen-bond donors (Lipinski definition) is 0. The molecule has 1 aromatic carbocycles. The van der Waals surface area contributed by atoms with E-state index in [2.05, 4.69) is 0 Å². The first-order valence-corrected chi connectivity index (χ1v) is 11.8. The minimum absolute atomic E-state index is 0.0636. The molecule has 1 fully saturated rings. The van der Waals surface area contributed by atoms with Crippen molar-refractivity contribution in [3.05, 3.63) is 51.7 Å². The van der Waals surface area contributed by atoms with Crippen molar-refractivity contribution < 1.29 is 17.9 Å². The van der Waals surface area contributed by atoms with Gasteiger partial charge in [-0.2, -0.15) is 4.31 Å². The van der Waals surface area contributed by atoms with E-state index in [-0.39, 0.29) is 23.0 Å². The molecule has 1 aromatic heterocycles. The molecule has 0 bridgehead atoms. The largest absolute Gasteiger partial charge is 0.372 e. The number of carbonyl (C=O) groups excluding carboxylic acids is 1. The maximum Gasteiger partial charge on any atom is 0.265 e. The predicted octanol–water partition coefficient (Wildman–Crippen LogP) is 2.74. The number of rotatable bonds is 3. The van der Waals surface area contributed by atoms with Crippen LogP contribution in [-0.2, 0) is 27.7 Å². The molecule has 2 atom stereocenters. The maximum atomic E-state index is 13.3. The molecule has 4 rings (SSSR count). The summed E-state index contributed by atoms with van der Waals surface area (Å²) in [6, 6.07) is 9.46. The minimum Gasteiger partial charge on any atom is -0.372 e. The first kappa shape index (κ1) is 19.6. The first-order valence-electron chi connectivity index (χ1n) is 9.45. The van der Waals surface area contributed by atoms with Gasteiger partial charge in [0.1, 0.15) is 9.77 Å². The fourth-order valence-corrected chi connectivity index (χ4v) is 6.74. The summed E-state index contributed by atoms with van der Waals surface area (Å²) in [4.78, 5) is 15.2. The van der Waals surface area contributed by atoms with E-state index in [0.29, 0.717) is 37.5 Å². The molecule has 150 valence electrons. The number of nitrogens with zero attached hydrogens (tertiary/aromatic N) is 2. The van der Waals surface area contributed by atoms with Crippen molar-refractivity contribution in [2.24, 2.45) is 0 Å². The van der Waals surface area contributed by atoms with Gasteiger partial charge in [-0.3, -0.25) is 4.79 Å². The summed E-state index contributed by atoms with van der Waals surface area (Å²) >= 11 is 1.19. The maximum absolute atomic E-state index is 13.3. The van der Waals surface area contributed by atoms with Gasteiger partial charge in [-0.1, -0.05) is 24.3 Å². The second-order valence-corrected chi connectivity index (χ2v) is 10.3. The zero-order chi connectivity index (χ0) is 19.9. The van der Waals surface area contributed by atoms with E-state index in [1.807, 2.05) is 38.1 Å². The van der Waals surface area contributed by atoms with E-state index >= 15 is 0 Å². The van der Waals surface area contributed by atoms with Gasteiger partial charge in [0.25, 0.3) is 5.91 Å². The Hall–Kier alpha value is -1.74. The van der Waals surface area contributed by atoms with Gasteiger partial charge in [-0.05, 0) is 42.8 Å². The predicted molar refractivity (Wildman–Crippen MR) is 108 cm³/mol. The van der Waals surface area contributed by atoms with Crippen molar-refractivity contribution in [3.8, 4) is 0 Å². The summed E-state index contributed by atoms with van der Waals surface area (Å²) in [6.45, 7) is 5.55. The van der Waals surface area contributed by atoms with Crippen LogP contribution in [0.5, 0.6) is 0 Å². The highest BCUT2D eigenvalue weighted by Gasteiger charge is 2.35. The molecule has 2 aromatic rings. The molecule has 8 heteroatoms. The number of ether oxygens (including phenoxy) is 1. The molecule has 2 unspecified atom stereocenters. The van der Waals surface area contributed by atoms with Crippen LogP contribution in [0.4, 0.5) is 0 Å². The van der Waals surface area contributed by atoms with Crippen LogP contribution in [0, 0.1) is 0 Å². The van der Waals surface area contributed by atoms with E-state index in [1.165, 1.54) is 21.2 Å². The van der Waals surface area contributed by atoms with Crippen molar-refractivity contribution in [2.75, 3.05) is 19.6 Å². The molecule has 0 saturated carbocycles. The lowest BCUT2D eigenvalue weighted by Crippen LogP contribution is -2.48. The molecular weight excluding hydrogens is 396 g/mol. The first-order chi connectivity index (χ1) is 13.4. The molecule has 0 radical (unpaired) electrons. The zero-order valence-electron chi connectivity index (χ0n) is 16.0. The number of amides is 1. The number of morpholine rings is 1. The van der Waals surface area contributed by atoms with Crippen LogP contribution in [0.3, 0.4) is 0 Å². The normalized spacial score (nSPS) is 23.4. The zero-order valence-corrected chi connectivity index (χ0v) is 17.6. The summed E-state index contributed by atoms with van der Waals surface area (Å²) < 4.78 is 33.8. The van der Waals surface area contributed by atoms with Gasteiger partial charge < -0.3 is 9.64 Å². The summed E-state index contributed by atoms with van der Waals surface area (Å²) in [5.74, 6) is -0.229. The Kier molecular flexibility index (Phi) is 5.30. The number of sulfonamides is 1. The highest BCUT2D eigenvalue weighted by atomic mass is 32.2. The van der Waals surface area contributed by atoms with E-state index in [0.717, 1.165) is 5.56 Å². The molecule has 3 heterocycles. The monoisotopic (exact) mass is 420 g/mol. The molecule has 6 nitrogen and oxygen atoms in total. The van der Waals surface area contributed by atoms with Crippen LogP contribution in [0.25, 0.3) is 0 Å². The van der Waals surface area contributed by atoms with Gasteiger partial charge >= 0.3 is 0 Å². The van der Waals surface area contributed by atoms with Crippen LogP contribution in [0.2, 0.25) is 0 Å². The molecule has 0 spiro atoms. The van der Waals surface area contributed by atoms with Gasteiger partial charge in [0.05, 0.1) is 12.2 Å². The van der Waals surface area contributed by atoms with Gasteiger partial charge in [0.2, 0.25) is 10.0 Å². The third-order valence-electron chi connectivity index (χ3n) is 5.24. The summed E-state index contributed by atoms with van der Waals surface area (Å²) in [5, 5.41) is 1.69. The summed E-state index contributed by atoms with van der Waals surface area (Å²) in [7, 11) is -3.74. The van der Waals surface area contributed by atoms with Crippen LogP contribution in [0.1, 0.15) is 34.6 Å². The van der Waals surface area contributed by atoms with E-state index in [4.69, 9.17) is 4.74 Å². The molecule has 0 aliphatic carbocycles. The quantitative estimate of drug-likeness (QED) is 0.766. The highest BCUT2D eigenvalue weighted by molar-refractivity contribution is 7.89. The number of hydrogen-bond acceptors (Lipinski definition) is 5. The lowest BCUT2D eigenvalue weighted by molar-refractivity contribution is -0.0585. The Labute approximate surface area is 169 Å². The number of benzene rings is 1. The molecule has 1 saturated heterocycles. The molecule has 1 amide bonds. The van der Waals surface area contributed by atoms with Gasteiger partial charge in [0.15, 0.2) is 0 Å². The average molecular weight is 421 g/mol. The van der Waals surface area contributed by atoms with Crippen molar-refractivity contribution in [3.63, 3.8) is 0 Å². The van der Waals surface area contributed by atoms with E-state index < -0.39 is 10.0 Å². The fraction of sp³-hybridized carbons (Fsp3) is 0.450. The SMILES string of the molecule is CC1CN(C(=O)c2sccc2S(=O)(=O)N2CCc3ccccc3C2)CC(C)O1. The van der Waals surface area contributed by atoms with Crippen LogP contribution in [0.15, 0.2) is 40.6 Å². The molecule has 28 heavy (non-hydrogen) atoms. The minimum atomic E-state index is -3.74. The topological polar surface area (TPSA) is 66.9 Å². The lowest BCUT2D eigenvalue weighted by Gasteiger charge is -2.35. The van der Waals surface area contributed by atoms with Crippen LogP contribution >= 0.6 is 11.3 Å². The second-order valence-electron chi connectivity index (χ2n) is 7.44. The average Bonchev–Trinajstić information content (AvgIpc) is 3.17. The Morgan fingerprint density at radius 3 is 2.50 bits per heavy atom. The Morgan fingerprint density at radius 2 is 1.79 bits per heavy atom. The van der Waals surface area contributed by atoms with E-state index in [9.17, 15) is 13.2 Å². The van der Waals surface area contributed by atoms with Gasteiger partial charge in [-0.25, -0.2) is 8.42 Å². The Morgan fingerprint density at radius 1 is 1.11 bits per heavy atom. The molecule has 2 aliphatic rings. The van der Waals surface area contributed by atoms with Gasteiger partial charge in [-0.15, -0.1) is 11.3 Å². The third kappa shape index (κ3) is 3.61. The number of thiophene rings is 1.